The number of rotatable bonds is 3. The number of benzene rings is 1. The van der Waals surface area contributed by atoms with Crippen LogP contribution in [0.15, 0.2) is 24.3 Å². The van der Waals surface area contributed by atoms with Crippen molar-refractivity contribution >= 4 is 29.5 Å². The molecule has 0 radical (unpaired) electrons. The van der Waals surface area contributed by atoms with Crippen molar-refractivity contribution in [2.24, 2.45) is 0 Å². The minimum absolute atomic E-state index is 0.00194. The van der Waals surface area contributed by atoms with Crippen LogP contribution < -0.4 is 15.0 Å². The van der Waals surface area contributed by atoms with E-state index in [1.807, 2.05) is 0 Å². The first-order valence-corrected chi connectivity index (χ1v) is 8.29. The number of anilines is 1. The molecule has 1 N–H and O–H groups in total. The first kappa shape index (κ1) is 19.5. The number of allylic oxidation sites excluding steroid dienone is 1. The first-order chi connectivity index (χ1) is 12.1. The molecule has 1 unspecified atom stereocenters. The Morgan fingerprint density at radius 3 is 2.65 bits per heavy atom. The van der Waals surface area contributed by atoms with Gasteiger partial charge in [-0.2, -0.15) is 0 Å². The van der Waals surface area contributed by atoms with Crippen LogP contribution in [-0.2, 0) is 14.3 Å². The molecule has 1 atom stereocenters. The van der Waals surface area contributed by atoms with E-state index in [4.69, 9.17) is 9.47 Å². The number of ketones is 1. The lowest BCUT2D eigenvalue weighted by molar-refractivity contribution is -0.120. The van der Waals surface area contributed by atoms with Crippen LogP contribution in [0, 0.1) is 0 Å². The monoisotopic (exact) mass is 360 g/mol. The van der Waals surface area contributed by atoms with Crippen molar-refractivity contribution in [2.45, 2.75) is 39.3 Å². The number of fused-ring (bicyclic) bond motifs is 1. The van der Waals surface area contributed by atoms with E-state index in [0.29, 0.717) is 11.4 Å². The van der Waals surface area contributed by atoms with Crippen LogP contribution in [0.1, 0.15) is 33.3 Å². The van der Waals surface area contributed by atoms with Crippen LogP contribution >= 0.6 is 0 Å². The molecular weight excluding hydrogens is 336 g/mol. The molecule has 1 aliphatic rings. The van der Waals surface area contributed by atoms with Gasteiger partial charge in [0.05, 0.1) is 5.69 Å². The normalized spacial score (nSPS) is 17.3. The highest BCUT2D eigenvalue weighted by atomic mass is 16.6. The molecule has 2 rings (SSSR count). The van der Waals surface area contributed by atoms with Gasteiger partial charge in [0.15, 0.2) is 5.78 Å². The minimum Gasteiger partial charge on any atom is -0.489 e. The van der Waals surface area contributed by atoms with E-state index in [2.05, 4.69) is 5.32 Å². The average Bonchev–Trinajstić information content (AvgIpc) is 2.63. The zero-order chi connectivity index (χ0) is 19.5. The summed E-state index contributed by atoms with van der Waals surface area (Å²) < 4.78 is 10.9. The summed E-state index contributed by atoms with van der Waals surface area (Å²) in [6.07, 6.45) is 2.44. The van der Waals surface area contributed by atoms with Crippen molar-refractivity contribution in [2.75, 3.05) is 18.6 Å². The molecule has 1 heterocycles. The first-order valence-electron chi connectivity index (χ1n) is 8.29. The summed E-state index contributed by atoms with van der Waals surface area (Å²) in [5.74, 6) is 0.138. The summed E-state index contributed by atoms with van der Waals surface area (Å²) in [6, 6.07) is 4.41. The molecule has 0 fully saturated rings. The van der Waals surface area contributed by atoms with Gasteiger partial charge in [-0.15, -0.1) is 0 Å². The molecule has 26 heavy (non-hydrogen) atoms. The van der Waals surface area contributed by atoms with Crippen molar-refractivity contribution < 1.29 is 23.9 Å². The van der Waals surface area contributed by atoms with E-state index in [1.54, 1.807) is 52.1 Å². The number of nitrogens with zero attached hydrogens (tertiary/aromatic N) is 1. The summed E-state index contributed by atoms with van der Waals surface area (Å²) in [5.41, 5.74) is 0.667. The smallest absolute Gasteiger partial charge is 0.408 e. The lowest BCUT2D eigenvalue weighted by atomic mass is 10.1. The Kier molecular flexibility index (Phi) is 5.69. The van der Waals surface area contributed by atoms with Crippen LogP contribution in [0.2, 0.25) is 0 Å². The lowest BCUT2D eigenvalue weighted by Crippen LogP contribution is -2.50. The maximum atomic E-state index is 12.7. The van der Waals surface area contributed by atoms with Gasteiger partial charge in [-0.05, 0) is 51.5 Å². The summed E-state index contributed by atoms with van der Waals surface area (Å²) in [5, 5.41) is 2.55. The lowest BCUT2D eigenvalue weighted by Gasteiger charge is -2.23. The SMILES string of the molecule is CC(=O)/C=C/c1ccc2c(c1)N(C)C(=O)C(NC(=O)OC(C)(C)C)CO2. The number of alkyl carbamates (subject to hydrolysis) is 1. The van der Waals surface area contributed by atoms with Gasteiger partial charge in [0.2, 0.25) is 0 Å². The molecule has 140 valence electrons. The molecule has 0 saturated carbocycles. The second-order valence-electron chi connectivity index (χ2n) is 7.08. The van der Waals surface area contributed by atoms with Gasteiger partial charge in [0.25, 0.3) is 5.91 Å². The van der Waals surface area contributed by atoms with E-state index >= 15 is 0 Å². The van der Waals surface area contributed by atoms with Crippen LogP contribution in [0.25, 0.3) is 6.08 Å². The van der Waals surface area contributed by atoms with E-state index in [0.717, 1.165) is 5.56 Å². The van der Waals surface area contributed by atoms with Crippen molar-refractivity contribution in [1.29, 1.82) is 0 Å². The third-order valence-electron chi connectivity index (χ3n) is 3.58. The van der Waals surface area contributed by atoms with Crippen LogP contribution in [0.5, 0.6) is 5.75 Å². The minimum atomic E-state index is -0.863. The number of hydrogen-bond donors (Lipinski definition) is 1. The van der Waals surface area contributed by atoms with E-state index in [-0.39, 0.29) is 18.3 Å². The van der Waals surface area contributed by atoms with Gasteiger partial charge in [-0.3, -0.25) is 9.59 Å². The zero-order valence-electron chi connectivity index (χ0n) is 15.7. The van der Waals surface area contributed by atoms with Crippen LogP contribution in [0.3, 0.4) is 0 Å². The maximum Gasteiger partial charge on any atom is 0.408 e. The Bertz CT molecular complexity index is 749. The Labute approximate surface area is 153 Å². The van der Waals surface area contributed by atoms with Crippen molar-refractivity contribution in [3.05, 3.63) is 29.8 Å². The molecule has 1 aromatic rings. The maximum absolute atomic E-state index is 12.7. The second kappa shape index (κ2) is 7.59. The number of ether oxygens (including phenoxy) is 2. The molecule has 1 aromatic carbocycles. The fourth-order valence-corrected chi connectivity index (χ4v) is 2.39. The third kappa shape index (κ3) is 5.08. The number of carbonyl (C=O) groups is 3. The topological polar surface area (TPSA) is 84.9 Å². The quantitative estimate of drug-likeness (QED) is 0.838. The summed E-state index contributed by atoms with van der Waals surface area (Å²) >= 11 is 0. The number of amides is 2. The van der Waals surface area contributed by atoms with Gasteiger partial charge < -0.3 is 19.7 Å². The van der Waals surface area contributed by atoms with Crippen molar-refractivity contribution in [1.82, 2.24) is 5.32 Å². The van der Waals surface area contributed by atoms with E-state index in [9.17, 15) is 14.4 Å². The molecule has 7 nitrogen and oxygen atoms in total. The van der Waals surface area contributed by atoms with Gasteiger partial charge in [-0.1, -0.05) is 12.1 Å². The summed E-state index contributed by atoms with van der Waals surface area (Å²) in [6.45, 7) is 6.70. The number of nitrogens with one attached hydrogen (secondary N) is 1. The third-order valence-corrected chi connectivity index (χ3v) is 3.58. The van der Waals surface area contributed by atoms with Gasteiger partial charge >= 0.3 is 6.09 Å². The Morgan fingerprint density at radius 2 is 2.04 bits per heavy atom. The molecule has 0 bridgehead atoms. The molecule has 0 aliphatic carbocycles. The van der Waals surface area contributed by atoms with Gasteiger partial charge in [0.1, 0.15) is 24.0 Å². The van der Waals surface area contributed by atoms with Crippen LogP contribution in [0.4, 0.5) is 10.5 Å². The average molecular weight is 360 g/mol. The van der Waals surface area contributed by atoms with Gasteiger partial charge in [-0.25, -0.2) is 4.79 Å². The highest BCUT2D eigenvalue weighted by Gasteiger charge is 2.31. The Morgan fingerprint density at radius 1 is 1.35 bits per heavy atom. The molecule has 0 saturated heterocycles. The second-order valence-corrected chi connectivity index (χ2v) is 7.08. The van der Waals surface area contributed by atoms with E-state index in [1.165, 1.54) is 17.9 Å². The highest BCUT2D eigenvalue weighted by molar-refractivity contribution is 6.00. The number of carbonyl (C=O) groups excluding carboxylic acids is 3. The van der Waals surface area contributed by atoms with Crippen molar-refractivity contribution in [3.63, 3.8) is 0 Å². The standard InChI is InChI=1S/C19H24N2O5/c1-12(22)6-7-13-8-9-16-15(10-13)21(5)17(23)14(11-25-16)20-18(24)26-19(2,3)4/h6-10,14H,11H2,1-5H3,(H,20,24)/b7-6+. The molecular formula is C19H24N2O5. The highest BCUT2D eigenvalue weighted by Crippen LogP contribution is 2.32. The molecule has 2 amide bonds. The predicted molar refractivity (Wildman–Crippen MR) is 98.2 cm³/mol. The van der Waals surface area contributed by atoms with Gasteiger partial charge in [0, 0.05) is 7.05 Å². The Balaban J connectivity index is 2.19. The fraction of sp³-hybridized carbons (Fsp3) is 0.421. The summed E-state index contributed by atoms with van der Waals surface area (Å²) in [7, 11) is 1.61. The predicted octanol–water partition coefficient (Wildman–Crippen LogP) is 2.54. The summed E-state index contributed by atoms with van der Waals surface area (Å²) in [4.78, 5) is 37.2. The number of likely N-dealkylation sites (N-methyl/N-ethyl adjacent to an activating group) is 1. The Hall–Kier alpha value is -2.83. The largest absolute Gasteiger partial charge is 0.489 e. The molecule has 0 aromatic heterocycles. The molecule has 0 spiro atoms. The zero-order valence-corrected chi connectivity index (χ0v) is 15.7. The fourth-order valence-electron chi connectivity index (χ4n) is 2.39. The number of hydrogen-bond acceptors (Lipinski definition) is 5. The van der Waals surface area contributed by atoms with Crippen LogP contribution in [-0.4, -0.2) is 43.1 Å². The van der Waals surface area contributed by atoms with E-state index < -0.39 is 17.7 Å². The molecule has 7 heteroatoms. The molecule has 1 aliphatic heterocycles. The van der Waals surface area contributed by atoms with Crippen molar-refractivity contribution in [3.8, 4) is 5.75 Å².